The molecule has 0 aromatic heterocycles. The first kappa shape index (κ1) is 24.6. The Morgan fingerprint density at radius 1 is 1.15 bits per heavy atom. The Balaban J connectivity index is 1.43. The number of halogens is 2. The van der Waals surface area contributed by atoms with E-state index in [2.05, 4.69) is 9.80 Å². The molecule has 4 rings (SSSR count). The number of benzene rings is 1. The van der Waals surface area contributed by atoms with Gasteiger partial charge in [0.1, 0.15) is 6.04 Å². The van der Waals surface area contributed by atoms with E-state index in [1.165, 1.54) is 0 Å². The fourth-order valence-corrected chi connectivity index (χ4v) is 5.44. The number of piperidine rings is 1. The predicted octanol–water partition coefficient (Wildman–Crippen LogP) is 2.73. The van der Waals surface area contributed by atoms with Crippen molar-refractivity contribution in [2.75, 3.05) is 58.3 Å². The third-order valence-electron chi connectivity index (χ3n) is 7.57. The Morgan fingerprint density at radius 3 is 2.55 bits per heavy atom. The highest BCUT2D eigenvalue weighted by molar-refractivity contribution is 6.42. The van der Waals surface area contributed by atoms with E-state index in [4.69, 9.17) is 23.2 Å². The number of amides is 2. The van der Waals surface area contributed by atoms with Crippen LogP contribution in [0.1, 0.15) is 32.1 Å². The summed E-state index contributed by atoms with van der Waals surface area (Å²) in [5.74, 6) is -0.0593. The average Bonchev–Trinajstić information content (AvgIpc) is 3.58. The van der Waals surface area contributed by atoms with Crippen LogP contribution in [0.5, 0.6) is 0 Å². The summed E-state index contributed by atoms with van der Waals surface area (Å²) in [6.45, 7) is 3.94. The van der Waals surface area contributed by atoms with Gasteiger partial charge in [0.05, 0.1) is 16.1 Å². The number of β-amino-alcohol motifs (C(OH)–C–C–N with tert-alkyl or cyclic N) is 1. The van der Waals surface area contributed by atoms with Gasteiger partial charge in [-0.3, -0.25) is 9.59 Å². The Labute approximate surface area is 206 Å². The Hall–Kier alpha value is -1.54. The normalized spacial score (nSPS) is 24.0. The van der Waals surface area contributed by atoms with E-state index in [1.54, 1.807) is 30.0 Å². The Morgan fingerprint density at radius 2 is 1.91 bits per heavy atom. The molecule has 3 aliphatic rings. The van der Waals surface area contributed by atoms with Gasteiger partial charge in [-0.25, -0.2) is 0 Å². The standard InChI is InChI=1S/C24H34Cl2N4O3/c1-27(2)23(33)20(5-10-28-12-9-24(7-8-24)21(31)16-28)30-14-13-29(11-6-22(30)32)17-3-4-18(25)19(26)15-17/h3-4,15,20-21,31H,5-14,16H2,1-2H3/t20-,21+/m0/s1. The molecule has 1 aromatic rings. The molecule has 1 aromatic carbocycles. The van der Waals surface area contributed by atoms with Crippen LogP contribution >= 0.6 is 23.2 Å². The van der Waals surface area contributed by atoms with E-state index in [-0.39, 0.29) is 23.3 Å². The molecule has 2 amide bonds. The first-order chi connectivity index (χ1) is 15.7. The van der Waals surface area contributed by atoms with E-state index in [0.717, 1.165) is 31.5 Å². The molecule has 33 heavy (non-hydrogen) atoms. The van der Waals surface area contributed by atoms with Crippen molar-refractivity contribution in [2.45, 2.75) is 44.2 Å². The smallest absolute Gasteiger partial charge is 0.244 e. The lowest BCUT2D eigenvalue weighted by Crippen LogP contribution is -2.52. The molecule has 7 nitrogen and oxygen atoms in total. The molecule has 9 heteroatoms. The lowest BCUT2D eigenvalue weighted by molar-refractivity contribution is -0.144. The van der Waals surface area contributed by atoms with Gasteiger partial charge in [-0.1, -0.05) is 23.2 Å². The summed E-state index contributed by atoms with van der Waals surface area (Å²) < 4.78 is 0. The third-order valence-corrected chi connectivity index (χ3v) is 8.31. The highest BCUT2D eigenvalue weighted by Gasteiger charge is 2.51. The summed E-state index contributed by atoms with van der Waals surface area (Å²) in [4.78, 5) is 33.9. The van der Waals surface area contributed by atoms with Crippen LogP contribution in [0.2, 0.25) is 10.0 Å². The molecule has 1 N–H and O–H groups in total. The predicted molar refractivity (Wildman–Crippen MR) is 131 cm³/mol. The van der Waals surface area contributed by atoms with Gasteiger partial charge in [-0.2, -0.15) is 0 Å². The molecule has 0 radical (unpaired) electrons. The zero-order chi connectivity index (χ0) is 23.8. The summed E-state index contributed by atoms with van der Waals surface area (Å²) >= 11 is 12.3. The van der Waals surface area contributed by atoms with Crippen LogP contribution in [0.15, 0.2) is 18.2 Å². The zero-order valence-corrected chi connectivity index (χ0v) is 21.0. The summed E-state index contributed by atoms with van der Waals surface area (Å²) in [6.07, 6.45) is 3.89. The monoisotopic (exact) mass is 496 g/mol. The molecule has 1 aliphatic carbocycles. The fourth-order valence-electron chi connectivity index (χ4n) is 5.15. The largest absolute Gasteiger partial charge is 0.391 e. The number of rotatable bonds is 6. The van der Waals surface area contributed by atoms with Gasteiger partial charge in [-0.15, -0.1) is 0 Å². The molecular weight excluding hydrogens is 463 g/mol. The summed E-state index contributed by atoms with van der Waals surface area (Å²) in [5, 5.41) is 11.5. The number of likely N-dealkylation sites (N-methyl/N-ethyl adjacent to an activating group) is 1. The van der Waals surface area contributed by atoms with Gasteiger partial charge < -0.3 is 24.7 Å². The number of carbonyl (C=O) groups excluding carboxylic acids is 2. The fraction of sp³-hybridized carbons (Fsp3) is 0.667. The maximum Gasteiger partial charge on any atom is 0.244 e. The van der Waals surface area contributed by atoms with Crippen molar-refractivity contribution >= 4 is 40.7 Å². The van der Waals surface area contributed by atoms with Crippen LogP contribution in [0.4, 0.5) is 5.69 Å². The number of anilines is 1. The number of likely N-dealkylation sites (tertiary alicyclic amines) is 1. The second-order valence-corrected chi connectivity index (χ2v) is 10.7. The molecule has 2 atom stereocenters. The number of hydrogen-bond acceptors (Lipinski definition) is 5. The van der Waals surface area contributed by atoms with Crippen molar-refractivity contribution in [1.29, 1.82) is 0 Å². The van der Waals surface area contributed by atoms with Crippen molar-refractivity contribution in [2.24, 2.45) is 5.41 Å². The summed E-state index contributed by atoms with van der Waals surface area (Å²) in [7, 11) is 3.47. The molecule has 2 heterocycles. The van der Waals surface area contributed by atoms with Crippen molar-refractivity contribution in [3.05, 3.63) is 28.2 Å². The second-order valence-electron chi connectivity index (χ2n) is 9.89. The molecule has 1 spiro atoms. The third kappa shape index (κ3) is 5.42. The van der Waals surface area contributed by atoms with Crippen molar-refractivity contribution < 1.29 is 14.7 Å². The van der Waals surface area contributed by atoms with Gasteiger partial charge in [0.25, 0.3) is 0 Å². The van der Waals surface area contributed by atoms with Crippen LogP contribution < -0.4 is 4.90 Å². The summed E-state index contributed by atoms with van der Waals surface area (Å²) in [6, 6.07) is 4.99. The first-order valence-electron chi connectivity index (χ1n) is 11.8. The van der Waals surface area contributed by atoms with Gasteiger partial charge in [0.15, 0.2) is 0 Å². The van der Waals surface area contributed by atoms with E-state index in [9.17, 15) is 14.7 Å². The number of carbonyl (C=O) groups is 2. The van der Waals surface area contributed by atoms with Crippen LogP contribution in [-0.4, -0.2) is 97.1 Å². The van der Waals surface area contributed by atoms with E-state index in [0.29, 0.717) is 55.6 Å². The number of aliphatic hydroxyl groups excluding tert-OH is 1. The average molecular weight is 497 g/mol. The topological polar surface area (TPSA) is 67.3 Å². The number of nitrogens with zero attached hydrogens (tertiary/aromatic N) is 4. The van der Waals surface area contributed by atoms with Crippen LogP contribution in [0.3, 0.4) is 0 Å². The van der Waals surface area contributed by atoms with Crippen molar-refractivity contribution in [3.63, 3.8) is 0 Å². The van der Waals surface area contributed by atoms with Crippen LogP contribution in [-0.2, 0) is 9.59 Å². The van der Waals surface area contributed by atoms with E-state index < -0.39 is 6.04 Å². The van der Waals surface area contributed by atoms with Gasteiger partial charge >= 0.3 is 0 Å². The lowest BCUT2D eigenvalue weighted by Gasteiger charge is -2.38. The zero-order valence-electron chi connectivity index (χ0n) is 19.5. The van der Waals surface area contributed by atoms with Gasteiger partial charge in [-0.05, 0) is 55.8 Å². The minimum Gasteiger partial charge on any atom is -0.391 e. The molecule has 0 unspecified atom stereocenters. The van der Waals surface area contributed by atoms with Crippen LogP contribution in [0.25, 0.3) is 0 Å². The molecule has 2 saturated heterocycles. The summed E-state index contributed by atoms with van der Waals surface area (Å²) in [5.41, 5.74) is 1.08. The second kappa shape index (κ2) is 9.98. The molecule has 2 aliphatic heterocycles. The lowest BCUT2D eigenvalue weighted by atomic mass is 9.90. The quantitative estimate of drug-likeness (QED) is 0.655. The van der Waals surface area contributed by atoms with E-state index in [1.807, 2.05) is 12.1 Å². The molecule has 0 bridgehead atoms. The highest BCUT2D eigenvalue weighted by atomic mass is 35.5. The van der Waals surface area contributed by atoms with Crippen molar-refractivity contribution in [3.8, 4) is 0 Å². The van der Waals surface area contributed by atoms with Crippen molar-refractivity contribution in [1.82, 2.24) is 14.7 Å². The molecule has 1 saturated carbocycles. The van der Waals surface area contributed by atoms with Gasteiger partial charge in [0.2, 0.25) is 11.8 Å². The Bertz CT molecular complexity index is 892. The van der Waals surface area contributed by atoms with Gasteiger partial charge in [0, 0.05) is 58.9 Å². The minimum atomic E-state index is -0.504. The number of aliphatic hydroxyl groups is 1. The maximum absolute atomic E-state index is 13.1. The molecule has 3 fully saturated rings. The van der Waals surface area contributed by atoms with E-state index >= 15 is 0 Å². The molecule has 182 valence electrons. The van der Waals surface area contributed by atoms with Crippen LogP contribution in [0, 0.1) is 5.41 Å². The maximum atomic E-state index is 13.1. The SMILES string of the molecule is CN(C)C(=O)[C@H](CCN1CCC2(CC2)[C@H](O)C1)N1CCN(c2ccc(Cl)c(Cl)c2)CCC1=O. The Kier molecular flexibility index (Phi) is 7.44. The minimum absolute atomic E-state index is 0.00614. The number of hydrogen-bond donors (Lipinski definition) is 1. The highest BCUT2D eigenvalue weighted by Crippen LogP contribution is 2.53. The molecular formula is C24H34Cl2N4O3. The first-order valence-corrected chi connectivity index (χ1v) is 12.6.